The molecule has 0 bridgehead atoms. The summed E-state index contributed by atoms with van der Waals surface area (Å²) >= 11 is 7.76. The Hall–Kier alpha value is -1.03. The van der Waals surface area contributed by atoms with Gasteiger partial charge >= 0.3 is 0 Å². The summed E-state index contributed by atoms with van der Waals surface area (Å²) in [5, 5.41) is 32.6. The van der Waals surface area contributed by atoms with Gasteiger partial charge in [0.1, 0.15) is 11.7 Å². The molecule has 1 saturated heterocycles. The van der Waals surface area contributed by atoms with Crippen LogP contribution in [0.2, 0.25) is 4.34 Å². The number of rotatable bonds is 3. The molecule has 2 aromatic heterocycles. The maximum atomic E-state index is 10.3. The number of hydrogen-bond acceptors (Lipinski definition) is 7. The van der Waals surface area contributed by atoms with Gasteiger partial charge in [-0.15, -0.1) is 16.4 Å². The molecule has 0 amide bonds. The quantitative estimate of drug-likeness (QED) is 0.719. The van der Waals surface area contributed by atoms with E-state index in [0.29, 0.717) is 17.3 Å². The zero-order valence-electron chi connectivity index (χ0n) is 15.1. The molecule has 1 saturated carbocycles. The fourth-order valence-corrected chi connectivity index (χ4v) is 5.84. The monoisotopic (exact) mass is 410 g/mol. The van der Waals surface area contributed by atoms with Crippen molar-refractivity contribution in [1.29, 1.82) is 0 Å². The van der Waals surface area contributed by atoms with Crippen molar-refractivity contribution in [3.8, 4) is 0 Å². The Balaban J connectivity index is 1.44. The molecule has 2 fully saturated rings. The summed E-state index contributed by atoms with van der Waals surface area (Å²) in [5.74, 6) is 0. The molecule has 146 valence electrons. The van der Waals surface area contributed by atoms with E-state index >= 15 is 0 Å². The van der Waals surface area contributed by atoms with E-state index in [-0.39, 0.29) is 18.7 Å². The maximum absolute atomic E-state index is 10.3. The van der Waals surface area contributed by atoms with E-state index in [1.165, 1.54) is 11.3 Å². The SMILES string of the molecule is C[C@H]1C[C@@]2(C[C@@H](c3cn(CC4(O)CC4)nn3)N1)OC[C@@H](O)c1cc(Cl)sc12. The summed E-state index contributed by atoms with van der Waals surface area (Å²) < 4.78 is 8.65. The first-order valence-electron chi connectivity index (χ1n) is 9.36. The van der Waals surface area contributed by atoms with E-state index in [2.05, 4.69) is 22.6 Å². The summed E-state index contributed by atoms with van der Waals surface area (Å²) in [7, 11) is 0. The van der Waals surface area contributed by atoms with Gasteiger partial charge < -0.3 is 20.3 Å². The molecule has 4 atom stereocenters. The molecule has 7 nitrogen and oxygen atoms in total. The minimum atomic E-state index is -0.627. The second-order valence-electron chi connectivity index (χ2n) is 8.25. The van der Waals surface area contributed by atoms with Gasteiger partial charge in [0.05, 0.1) is 41.0 Å². The highest BCUT2D eigenvalue weighted by molar-refractivity contribution is 7.16. The lowest BCUT2D eigenvalue weighted by molar-refractivity contribution is -0.129. The molecule has 0 radical (unpaired) electrons. The summed E-state index contributed by atoms with van der Waals surface area (Å²) in [6.07, 6.45) is 4.45. The molecule has 9 heteroatoms. The van der Waals surface area contributed by atoms with Crippen molar-refractivity contribution in [3.63, 3.8) is 0 Å². The van der Waals surface area contributed by atoms with Gasteiger partial charge in [0, 0.05) is 22.9 Å². The highest BCUT2D eigenvalue weighted by Crippen LogP contribution is 2.51. The third kappa shape index (κ3) is 3.22. The molecule has 3 N–H and O–H groups in total. The third-order valence-electron chi connectivity index (χ3n) is 5.87. The van der Waals surface area contributed by atoms with Crippen molar-refractivity contribution in [2.45, 2.75) is 68.5 Å². The number of fused-ring (bicyclic) bond motifs is 2. The number of aromatic nitrogens is 3. The van der Waals surface area contributed by atoms with Gasteiger partial charge in [0.2, 0.25) is 0 Å². The number of aliphatic hydroxyl groups excluding tert-OH is 1. The highest BCUT2D eigenvalue weighted by atomic mass is 35.5. The minimum Gasteiger partial charge on any atom is -0.388 e. The molecular weight excluding hydrogens is 388 g/mol. The van der Waals surface area contributed by atoms with Gasteiger partial charge in [0.25, 0.3) is 0 Å². The van der Waals surface area contributed by atoms with Gasteiger partial charge in [-0.2, -0.15) is 0 Å². The predicted molar refractivity (Wildman–Crippen MR) is 101 cm³/mol. The Morgan fingerprint density at radius 1 is 1.44 bits per heavy atom. The smallest absolute Gasteiger partial charge is 0.106 e. The molecule has 1 spiro atoms. The second-order valence-corrected chi connectivity index (χ2v) is 9.93. The standard InChI is InChI=1S/C18H23ClN4O3S/c1-10-5-18(16-11(4-15(19)27-16)14(24)8-26-18)6-12(20-10)13-7-23(22-21-13)9-17(25)2-3-17/h4,7,10,12,14,20,24-25H,2-3,5-6,8-9H2,1H3/t10-,12-,14+,18-/m0/s1. The summed E-state index contributed by atoms with van der Waals surface area (Å²) in [5.41, 5.74) is 0.665. The fourth-order valence-electron chi connectivity index (χ4n) is 4.39. The largest absolute Gasteiger partial charge is 0.388 e. The van der Waals surface area contributed by atoms with Gasteiger partial charge in [0.15, 0.2) is 0 Å². The van der Waals surface area contributed by atoms with Crippen LogP contribution in [-0.2, 0) is 16.9 Å². The summed E-state index contributed by atoms with van der Waals surface area (Å²) in [4.78, 5) is 1.03. The number of nitrogens with zero attached hydrogens (tertiary/aromatic N) is 3. The van der Waals surface area contributed by atoms with E-state index in [1.807, 2.05) is 12.3 Å². The third-order valence-corrected chi connectivity index (χ3v) is 7.34. The van der Waals surface area contributed by atoms with Crippen LogP contribution in [0.3, 0.4) is 0 Å². The van der Waals surface area contributed by atoms with Crippen LogP contribution in [0.25, 0.3) is 0 Å². The topological polar surface area (TPSA) is 92.4 Å². The molecular formula is C18H23ClN4O3S. The lowest BCUT2D eigenvalue weighted by Crippen LogP contribution is -2.50. The van der Waals surface area contributed by atoms with Crippen LogP contribution in [0.4, 0.5) is 0 Å². The number of nitrogens with one attached hydrogen (secondary N) is 1. The first-order chi connectivity index (χ1) is 12.9. The minimum absolute atomic E-state index is 0.0136. The van der Waals surface area contributed by atoms with Gasteiger partial charge in [-0.1, -0.05) is 16.8 Å². The number of piperidine rings is 1. The zero-order chi connectivity index (χ0) is 18.8. The van der Waals surface area contributed by atoms with Crippen LogP contribution in [-0.4, -0.2) is 43.5 Å². The van der Waals surface area contributed by atoms with Crippen LogP contribution in [0, 0.1) is 0 Å². The lowest BCUT2D eigenvalue weighted by atomic mass is 9.79. The Kier molecular flexibility index (Phi) is 4.16. The van der Waals surface area contributed by atoms with Gasteiger partial charge in [-0.25, -0.2) is 4.68 Å². The molecule has 2 aromatic rings. The maximum Gasteiger partial charge on any atom is 0.106 e. The molecule has 0 aromatic carbocycles. The van der Waals surface area contributed by atoms with Crippen molar-refractivity contribution in [2.75, 3.05) is 6.61 Å². The molecule has 27 heavy (non-hydrogen) atoms. The van der Waals surface area contributed by atoms with Crippen LogP contribution in [0.15, 0.2) is 12.3 Å². The molecule has 2 aliphatic heterocycles. The Labute approximate surface area is 166 Å². The van der Waals surface area contributed by atoms with Crippen LogP contribution in [0.1, 0.15) is 60.9 Å². The average Bonchev–Trinajstić information content (AvgIpc) is 3.01. The van der Waals surface area contributed by atoms with Crippen molar-refractivity contribution in [3.05, 3.63) is 32.7 Å². The van der Waals surface area contributed by atoms with Crippen molar-refractivity contribution in [2.24, 2.45) is 0 Å². The Morgan fingerprint density at radius 3 is 3.04 bits per heavy atom. The number of hydrogen-bond donors (Lipinski definition) is 3. The molecule has 5 rings (SSSR count). The average molecular weight is 411 g/mol. The van der Waals surface area contributed by atoms with E-state index in [9.17, 15) is 10.2 Å². The first-order valence-corrected chi connectivity index (χ1v) is 10.6. The number of thiophene rings is 1. The van der Waals surface area contributed by atoms with Crippen LogP contribution in [0.5, 0.6) is 0 Å². The fraction of sp³-hybridized carbons (Fsp3) is 0.667. The summed E-state index contributed by atoms with van der Waals surface area (Å²) in [6.45, 7) is 2.90. The molecule has 1 aliphatic carbocycles. The molecule has 4 heterocycles. The van der Waals surface area contributed by atoms with Crippen LogP contribution >= 0.6 is 22.9 Å². The van der Waals surface area contributed by atoms with Crippen LogP contribution < -0.4 is 5.32 Å². The lowest BCUT2D eigenvalue weighted by Gasteiger charge is -2.46. The Bertz CT molecular complexity index is 867. The Morgan fingerprint density at radius 2 is 2.26 bits per heavy atom. The molecule has 3 aliphatic rings. The van der Waals surface area contributed by atoms with Gasteiger partial charge in [-0.3, -0.25) is 0 Å². The predicted octanol–water partition coefficient (Wildman–Crippen LogP) is 2.29. The van der Waals surface area contributed by atoms with E-state index in [1.54, 1.807) is 4.68 Å². The van der Waals surface area contributed by atoms with Gasteiger partial charge in [-0.05, 0) is 32.3 Å². The van der Waals surface area contributed by atoms with E-state index < -0.39 is 17.3 Å². The number of ether oxygens (including phenoxy) is 1. The highest BCUT2D eigenvalue weighted by Gasteiger charge is 2.48. The van der Waals surface area contributed by atoms with E-state index in [0.717, 1.165) is 35.4 Å². The number of halogens is 1. The van der Waals surface area contributed by atoms with E-state index in [4.69, 9.17) is 16.3 Å². The second kappa shape index (κ2) is 6.23. The first kappa shape index (κ1) is 18.0. The van der Waals surface area contributed by atoms with Crippen molar-refractivity contribution < 1.29 is 14.9 Å². The van der Waals surface area contributed by atoms with Crippen molar-refractivity contribution in [1.82, 2.24) is 20.3 Å². The normalized spacial score (nSPS) is 34.6. The zero-order valence-corrected chi connectivity index (χ0v) is 16.6. The number of aliphatic hydroxyl groups is 2. The molecule has 0 unspecified atom stereocenters. The van der Waals surface area contributed by atoms with Crippen molar-refractivity contribution >= 4 is 22.9 Å². The summed E-state index contributed by atoms with van der Waals surface area (Å²) in [6, 6.07) is 2.07.